The van der Waals surface area contributed by atoms with E-state index in [1.807, 2.05) is 31.2 Å². The summed E-state index contributed by atoms with van der Waals surface area (Å²) in [6, 6.07) is 7.97. The lowest BCUT2D eigenvalue weighted by atomic mass is 9.92. The first kappa shape index (κ1) is 14.1. The van der Waals surface area contributed by atoms with Gasteiger partial charge >= 0.3 is 0 Å². The second-order valence-corrected chi connectivity index (χ2v) is 6.36. The molecule has 1 N–H and O–H groups in total. The second kappa shape index (κ2) is 5.51. The lowest BCUT2D eigenvalue weighted by Crippen LogP contribution is -2.35. The predicted octanol–water partition coefficient (Wildman–Crippen LogP) is 2.04. The van der Waals surface area contributed by atoms with Crippen LogP contribution in [0.25, 0.3) is 0 Å². The zero-order chi connectivity index (χ0) is 15.0. The van der Waals surface area contributed by atoms with Crippen LogP contribution in [-0.2, 0) is 9.59 Å². The van der Waals surface area contributed by atoms with Crippen LogP contribution < -0.4 is 5.32 Å². The van der Waals surface area contributed by atoms with E-state index in [-0.39, 0.29) is 23.8 Å². The first-order valence-electron chi connectivity index (χ1n) is 7.66. The van der Waals surface area contributed by atoms with Crippen LogP contribution in [0.1, 0.15) is 36.4 Å². The molecule has 2 fully saturated rings. The van der Waals surface area contributed by atoms with Crippen molar-refractivity contribution in [1.82, 2.24) is 10.2 Å². The van der Waals surface area contributed by atoms with Gasteiger partial charge in [0.05, 0.1) is 12.0 Å². The van der Waals surface area contributed by atoms with E-state index < -0.39 is 0 Å². The number of likely N-dealkylation sites (tertiary alicyclic amines) is 1. The van der Waals surface area contributed by atoms with Gasteiger partial charge in [0.25, 0.3) is 0 Å². The van der Waals surface area contributed by atoms with Crippen molar-refractivity contribution in [2.75, 3.05) is 13.6 Å². The fraction of sp³-hybridized carbons (Fsp3) is 0.529. The average molecular weight is 286 g/mol. The molecule has 1 aliphatic heterocycles. The summed E-state index contributed by atoms with van der Waals surface area (Å²) in [5.41, 5.74) is 2.22. The molecule has 21 heavy (non-hydrogen) atoms. The summed E-state index contributed by atoms with van der Waals surface area (Å²) in [6.45, 7) is 2.79. The van der Waals surface area contributed by atoms with E-state index in [0.717, 1.165) is 12.1 Å². The normalized spacial score (nSPS) is 25.2. The van der Waals surface area contributed by atoms with Crippen molar-refractivity contribution >= 4 is 11.8 Å². The third-order valence-corrected chi connectivity index (χ3v) is 4.60. The van der Waals surface area contributed by atoms with E-state index in [1.54, 1.807) is 11.9 Å². The van der Waals surface area contributed by atoms with Gasteiger partial charge in [-0.05, 0) is 31.2 Å². The number of nitrogens with one attached hydrogen (secondary N) is 1. The van der Waals surface area contributed by atoms with Crippen LogP contribution in [0.5, 0.6) is 0 Å². The molecule has 4 heteroatoms. The summed E-state index contributed by atoms with van der Waals surface area (Å²) in [6.07, 6.45) is 2.74. The number of hydrogen-bond donors (Lipinski definition) is 1. The molecule has 1 aromatic rings. The molecule has 1 saturated heterocycles. The number of amides is 2. The van der Waals surface area contributed by atoms with E-state index in [9.17, 15) is 9.59 Å². The van der Waals surface area contributed by atoms with Crippen LogP contribution in [-0.4, -0.2) is 30.3 Å². The number of hydrogen-bond acceptors (Lipinski definition) is 2. The molecular weight excluding hydrogens is 264 g/mol. The van der Waals surface area contributed by atoms with Crippen molar-refractivity contribution < 1.29 is 9.59 Å². The largest absolute Gasteiger partial charge is 0.355 e. The van der Waals surface area contributed by atoms with Crippen LogP contribution in [0.3, 0.4) is 0 Å². The van der Waals surface area contributed by atoms with Gasteiger partial charge < -0.3 is 10.2 Å². The SMILES string of the molecule is Cc1ccc([C@H]2[C@H](C(=O)NCC3CC3)CC(=O)N2C)cc1. The topological polar surface area (TPSA) is 49.4 Å². The third kappa shape index (κ3) is 2.94. The quantitative estimate of drug-likeness (QED) is 0.921. The molecule has 112 valence electrons. The number of nitrogens with zero attached hydrogens (tertiary/aromatic N) is 1. The maximum absolute atomic E-state index is 12.4. The molecule has 2 amide bonds. The molecule has 2 aliphatic rings. The van der Waals surface area contributed by atoms with Crippen LogP contribution >= 0.6 is 0 Å². The van der Waals surface area contributed by atoms with Gasteiger partial charge in [-0.2, -0.15) is 0 Å². The predicted molar refractivity (Wildman–Crippen MR) is 80.5 cm³/mol. The Labute approximate surface area is 125 Å². The Kier molecular flexibility index (Phi) is 3.70. The molecule has 1 aliphatic carbocycles. The molecule has 1 aromatic carbocycles. The van der Waals surface area contributed by atoms with Crippen molar-refractivity contribution in [3.05, 3.63) is 35.4 Å². The van der Waals surface area contributed by atoms with E-state index in [2.05, 4.69) is 5.32 Å². The molecule has 0 unspecified atom stereocenters. The number of carbonyl (C=O) groups excluding carboxylic acids is 2. The highest BCUT2D eigenvalue weighted by Crippen LogP contribution is 2.37. The highest BCUT2D eigenvalue weighted by molar-refractivity contribution is 5.90. The molecule has 1 saturated carbocycles. The Morgan fingerprint density at radius 1 is 1.29 bits per heavy atom. The van der Waals surface area contributed by atoms with Gasteiger partial charge in [0, 0.05) is 20.0 Å². The summed E-state index contributed by atoms with van der Waals surface area (Å²) in [5.74, 6) is 0.447. The highest BCUT2D eigenvalue weighted by Gasteiger charge is 2.42. The van der Waals surface area contributed by atoms with Gasteiger partial charge in [0.2, 0.25) is 11.8 Å². The Morgan fingerprint density at radius 3 is 2.57 bits per heavy atom. The first-order valence-corrected chi connectivity index (χ1v) is 7.66. The van der Waals surface area contributed by atoms with E-state index in [0.29, 0.717) is 12.3 Å². The van der Waals surface area contributed by atoms with Crippen LogP contribution in [0.15, 0.2) is 24.3 Å². The molecule has 2 atom stereocenters. The molecule has 3 rings (SSSR count). The monoisotopic (exact) mass is 286 g/mol. The third-order valence-electron chi connectivity index (χ3n) is 4.60. The number of carbonyl (C=O) groups is 2. The fourth-order valence-corrected chi connectivity index (χ4v) is 3.02. The minimum atomic E-state index is -0.274. The Balaban J connectivity index is 1.78. The summed E-state index contributed by atoms with van der Waals surface area (Å²) in [4.78, 5) is 26.2. The number of rotatable bonds is 4. The lowest BCUT2D eigenvalue weighted by molar-refractivity contribution is -0.128. The van der Waals surface area contributed by atoms with E-state index in [1.165, 1.54) is 18.4 Å². The Bertz CT molecular complexity index is 548. The Hall–Kier alpha value is -1.84. The van der Waals surface area contributed by atoms with Crippen LogP contribution in [0.4, 0.5) is 0 Å². The molecule has 0 aromatic heterocycles. The summed E-state index contributed by atoms with van der Waals surface area (Å²) >= 11 is 0. The van der Waals surface area contributed by atoms with Crippen molar-refractivity contribution in [2.45, 2.75) is 32.2 Å². The summed E-state index contributed by atoms with van der Waals surface area (Å²) in [7, 11) is 1.79. The van der Waals surface area contributed by atoms with Gasteiger partial charge in [-0.15, -0.1) is 0 Å². The maximum Gasteiger partial charge on any atom is 0.226 e. The summed E-state index contributed by atoms with van der Waals surface area (Å²) < 4.78 is 0. The highest BCUT2D eigenvalue weighted by atomic mass is 16.2. The van der Waals surface area contributed by atoms with Crippen LogP contribution in [0, 0.1) is 18.8 Å². The molecule has 0 spiro atoms. The molecule has 0 bridgehead atoms. The van der Waals surface area contributed by atoms with Crippen molar-refractivity contribution in [3.63, 3.8) is 0 Å². The van der Waals surface area contributed by atoms with Gasteiger partial charge in [0.15, 0.2) is 0 Å². The zero-order valence-corrected chi connectivity index (χ0v) is 12.6. The maximum atomic E-state index is 12.4. The smallest absolute Gasteiger partial charge is 0.226 e. The van der Waals surface area contributed by atoms with Crippen LogP contribution in [0.2, 0.25) is 0 Å². The fourth-order valence-electron chi connectivity index (χ4n) is 3.02. The molecule has 0 radical (unpaired) electrons. The lowest BCUT2D eigenvalue weighted by Gasteiger charge is -2.25. The second-order valence-electron chi connectivity index (χ2n) is 6.36. The van der Waals surface area contributed by atoms with Crippen molar-refractivity contribution in [3.8, 4) is 0 Å². The van der Waals surface area contributed by atoms with Crippen molar-refractivity contribution in [2.24, 2.45) is 11.8 Å². The number of aryl methyl sites for hydroxylation is 1. The minimum Gasteiger partial charge on any atom is -0.355 e. The van der Waals surface area contributed by atoms with Gasteiger partial charge in [-0.1, -0.05) is 29.8 Å². The minimum absolute atomic E-state index is 0.0187. The molecule has 4 nitrogen and oxygen atoms in total. The first-order chi connectivity index (χ1) is 10.1. The van der Waals surface area contributed by atoms with Gasteiger partial charge in [-0.3, -0.25) is 9.59 Å². The zero-order valence-electron chi connectivity index (χ0n) is 12.6. The Morgan fingerprint density at radius 2 is 1.95 bits per heavy atom. The van der Waals surface area contributed by atoms with Crippen molar-refractivity contribution in [1.29, 1.82) is 0 Å². The average Bonchev–Trinajstić information content (AvgIpc) is 3.25. The summed E-state index contributed by atoms with van der Waals surface area (Å²) in [5, 5.41) is 3.02. The molecule has 1 heterocycles. The van der Waals surface area contributed by atoms with E-state index in [4.69, 9.17) is 0 Å². The van der Waals surface area contributed by atoms with Gasteiger partial charge in [0.1, 0.15) is 0 Å². The molecular formula is C17H22N2O2. The van der Waals surface area contributed by atoms with Gasteiger partial charge in [-0.25, -0.2) is 0 Å². The standard InChI is InChI=1S/C17H22N2O2/c1-11-3-7-13(8-4-11)16-14(9-15(20)19(16)2)17(21)18-10-12-5-6-12/h3-4,7-8,12,14,16H,5-6,9-10H2,1-2H3,(H,18,21)/t14-,16+/m1/s1. The van der Waals surface area contributed by atoms with E-state index >= 15 is 0 Å². The number of benzene rings is 1.